The SMILES string of the molecule is CCCN(CCC1CCC(NS(=O)(=O)c2cccc(-c3ncccn3)c2)CC1)C1CCc2nc(N)sc2C1. The number of aryl methyl sites for hydroxylation is 1. The maximum Gasteiger partial charge on any atom is 0.240 e. The van der Waals surface area contributed by atoms with E-state index in [1.165, 1.54) is 17.0 Å². The van der Waals surface area contributed by atoms with E-state index < -0.39 is 10.0 Å². The van der Waals surface area contributed by atoms with Gasteiger partial charge in [0.05, 0.1) is 10.6 Å². The van der Waals surface area contributed by atoms with Gasteiger partial charge in [0.1, 0.15) is 0 Å². The van der Waals surface area contributed by atoms with Crippen molar-refractivity contribution in [3.8, 4) is 11.4 Å². The smallest absolute Gasteiger partial charge is 0.240 e. The number of hydrogen-bond donors (Lipinski definition) is 2. The van der Waals surface area contributed by atoms with Gasteiger partial charge in [0.15, 0.2) is 11.0 Å². The summed E-state index contributed by atoms with van der Waals surface area (Å²) >= 11 is 1.66. The molecule has 3 aromatic rings. The summed E-state index contributed by atoms with van der Waals surface area (Å²) in [5.41, 5.74) is 7.86. The van der Waals surface area contributed by atoms with E-state index in [0.717, 1.165) is 64.5 Å². The van der Waals surface area contributed by atoms with Crippen LogP contribution >= 0.6 is 11.3 Å². The van der Waals surface area contributed by atoms with E-state index in [1.54, 1.807) is 48.0 Å². The fraction of sp³-hybridized carbons (Fsp3) is 0.536. The van der Waals surface area contributed by atoms with Crippen LogP contribution in [-0.4, -0.2) is 53.4 Å². The molecule has 204 valence electrons. The van der Waals surface area contributed by atoms with Crippen molar-refractivity contribution in [1.82, 2.24) is 24.6 Å². The molecule has 1 fully saturated rings. The Labute approximate surface area is 230 Å². The lowest BCUT2D eigenvalue weighted by molar-refractivity contribution is 0.158. The Morgan fingerprint density at radius 1 is 1.08 bits per heavy atom. The number of nitrogens with zero attached hydrogens (tertiary/aromatic N) is 4. The van der Waals surface area contributed by atoms with Crippen LogP contribution in [0.3, 0.4) is 0 Å². The van der Waals surface area contributed by atoms with Crippen LogP contribution in [0.5, 0.6) is 0 Å². The van der Waals surface area contributed by atoms with Crippen LogP contribution in [0.1, 0.15) is 62.4 Å². The molecule has 1 atom stereocenters. The second-order valence-electron chi connectivity index (χ2n) is 10.6. The molecule has 1 aromatic carbocycles. The third-order valence-electron chi connectivity index (χ3n) is 7.92. The fourth-order valence-corrected chi connectivity index (χ4v) is 8.21. The molecule has 1 unspecified atom stereocenters. The third-order valence-corrected chi connectivity index (χ3v) is 10.4. The second kappa shape index (κ2) is 12.2. The molecule has 1 saturated carbocycles. The monoisotopic (exact) mass is 554 g/mol. The van der Waals surface area contributed by atoms with E-state index in [9.17, 15) is 8.42 Å². The summed E-state index contributed by atoms with van der Waals surface area (Å²) in [6, 6.07) is 9.16. The molecule has 0 amide bonds. The molecular weight excluding hydrogens is 516 g/mol. The lowest BCUT2D eigenvalue weighted by Gasteiger charge is -2.36. The largest absolute Gasteiger partial charge is 0.375 e. The normalized spacial score (nSPS) is 21.9. The first-order valence-corrected chi connectivity index (χ1v) is 16.1. The summed E-state index contributed by atoms with van der Waals surface area (Å²) in [6.07, 6.45) is 12.8. The number of sulfonamides is 1. The fourth-order valence-electron chi connectivity index (χ4n) is 5.91. The maximum absolute atomic E-state index is 13.1. The standard InChI is InChI=1S/C28H38N6O2S2/c1-2-16-34(23-11-12-25-26(19-23)37-28(29)32-25)17-13-20-7-9-22(10-8-20)33-38(35,36)24-6-3-5-21(18-24)27-30-14-4-15-31-27/h3-6,14-15,18,20,22-23,33H,2,7-13,16-17,19H2,1H3,(H2,29,32). The molecule has 3 N–H and O–H groups in total. The number of nitrogens with two attached hydrogens (primary N) is 1. The summed E-state index contributed by atoms with van der Waals surface area (Å²) in [4.78, 5) is 17.3. The van der Waals surface area contributed by atoms with Crippen molar-refractivity contribution in [2.45, 2.75) is 81.7 Å². The van der Waals surface area contributed by atoms with E-state index in [-0.39, 0.29) is 10.9 Å². The summed E-state index contributed by atoms with van der Waals surface area (Å²) in [5, 5.41) is 0.697. The predicted molar refractivity (Wildman–Crippen MR) is 152 cm³/mol. The van der Waals surface area contributed by atoms with Crippen molar-refractivity contribution in [3.05, 3.63) is 53.3 Å². The molecule has 2 aliphatic rings. The van der Waals surface area contributed by atoms with Crippen molar-refractivity contribution in [1.29, 1.82) is 0 Å². The van der Waals surface area contributed by atoms with Gasteiger partial charge in [-0.2, -0.15) is 0 Å². The molecule has 0 bridgehead atoms. The zero-order valence-corrected chi connectivity index (χ0v) is 23.7. The van der Waals surface area contributed by atoms with Crippen LogP contribution in [-0.2, 0) is 22.9 Å². The molecule has 0 spiro atoms. The average molecular weight is 555 g/mol. The number of benzene rings is 1. The Bertz CT molecular complexity index is 1310. The van der Waals surface area contributed by atoms with Gasteiger partial charge >= 0.3 is 0 Å². The first kappa shape index (κ1) is 27.2. The highest BCUT2D eigenvalue weighted by atomic mass is 32.2. The minimum Gasteiger partial charge on any atom is -0.375 e. The number of thiazole rings is 1. The molecule has 0 saturated heterocycles. The van der Waals surface area contributed by atoms with Gasteiger partial charge in [0.2, 0.25) is 10.0 Å². The van der Waals surface area contributed by atoms with E-state index >= 15 is 0 Å². The van der Waals surface area contributed by atoms with Crippen LogP contribution < -0.4 is 10.5 Å². The number of hydrogen-bond acceptors (Lipinski definition) is 8. The topological polar surface area (TPSA) is 114 Å². The van der Waals surface area contributed by atoms with Gasteiger partial charge in [0, 0.05) is 34.9 Å². The number of nitrogens with one attached hydrogen (secondary N) is 1. The Morgan fingerprint density at radius 2 is 1.87 bits per heavy atom. The quantitative estimate of drug-likeness (QED) is 0.374. The molecule has 2 aromatic heterocycles. The van der Waals surface area contributed by atoms with E-state index in [2.05, 4.69) is 31.5 Å². The van der Waals surface area contributed by atoms with Gasteiger partial charge < -0.3 is 10.6 Å². The van der Waals surface area contributed by atoms with Crippen LogP contribution in [0.25, 0.3) is 11.4 Å². The van der Waals surface area contributed by atoms with Crippen LogP contribution in [0.4, 0.5) is 5.13 Å². The number of fused-ring (bicyclic) bond motifs is 1. The van der Waals surface area contributed by atoms with Crippen molar-refractivity contribution >= 4 is 26.5 Å². The average Bonchev–Trinajstić information content (AvgIpc) is 3.31. The Kier molecular flexibility index (Phi) is 8.72. The van der Waals surface area contributed by atoms with E-state index in [1.807, 2.05) is 6.07 Å². The number of nitrogen functional groups attached to an aromatic ring is 1. The van der Waals surface area contributed by atoms with Crippen LogP contribution in [0.15, 0.2) is 47.6 Å². The molecule has 0 radical (unpaired) electrons. The van der Waals surface area contributed by atoms with Crippen LogP contribution in [0.2, 0.25) is 0 Å². The highest BCUT2D eigenvalue weighted by Gasteiger charge is 2.29. The number of rotatable bonds is 10. The van der Waals surface area contributed by atoms with Gasteiger partial charge in [-0.3, -0.25) is 0 Å². The zero-order valence-electron chi connectivity index (χ0n) is 22.1. The molecular formula is C28H38N6O2S2. The first-order valence-electron chi connectivity index (χ1n) is 13.8. The number of anilines is 1. The Hall–Kier alpha value is -2.40. The summed E-state index contributed by atoms with van der Waals surface area (Å²) in [6.45, 7) is 4.49. The minimum absolute atomic E-state index is 0.0202. The minimum atomic E-state index is -3.60. The molecule has 0 aliphatic heterocycles. The molecule has 10 heteroatoms. The lowest BCUT2D eigenvalue weighted by Crippen LogP contribution is -2.41. The van der Waals surface area contributed by atoms with Crippen molar-refractivity contribution in [2.24, 2.45) is 5.92 Å². The highest BCUT2D eigenvalue weighted by Crippen LogP contribution is 2.32. The second-order valence-corrected chi connectivity index (χ2v) is 13.4. The van der Waals surface area contributed by atoms with Crippen LogP contribution in [0, 0.1) is 5.92 Å². The van der Waals surface area contributed by atoms with Crippen molar-refractivity contribution in [2.75, 3.05) is 18.8 Å². The predicted octanol–water partition coefficient (Wildman–Crippen LogP) is 4.68. The summed E-state index contributed by atoms with van der Waals surface area (Å²) < 4.78 is 29.3. The van der Waals surface area contributed by atoms with Crippen molar-refractivity contribution < 1.29 is 8.42 Å². The van der Waals surface area contributed by atoms with Gasteiger partial charge in [-0.25, -0.2) is 28.1 Å². The van der Waals surface area contributed by atoms with Gasteiger partial charge in [-0.05, 0) is 95.0 Å². The highest BCUT2D eigenvalue weighted by molar-refractivity contribution is 7.89. The zero-order chi connectivity index (χ0) is 26.5. The molecule has 2 aliphatic carbocycles. The third kappa shape index (κ3) is 6.59. The Morgan fingerprint density at radius 3 is 2.63 bits per heavy atom. The Balaban J connectivity index is 1.12. The van der Waals surface area contributed by atoms with E-state index in [0.29, 0.717) is 28.5 Å². The molecule has 5 rings (SSSR count). The first-order chi connectivity index (χ1) is 18.4. The summed E-state index contributed by atoms with van der Waals surface area (Å²) in [7, 11) is -3.60. The molecule has 38 heavy (non-hydrogen) atoms. The van der Waals surface area contributed by atoms with E-state index in [4.69, 9.17) is 5.73 Å². The lowest BCUT2D eigenvalue weighted by atomic mass is 9.84. The molecule has 2 heterocycles. The van der Waals surface area contributed by atoms with Gasteiger partial charge in [-0.15, -0.1) is 11.3 Å². The maximum atomic E-state index is 13.1. The number of aromatic nitrogens is 3. The van der Waals surface area contributed by atoms with Gasteiger partial charge in [-0.1, -0.05) is 19.1 Å². The molecule has 8 nitrogen and oxygen atoms in total. The van der Waals surface area contributed by atoms with Crippen molar-refractivity contribution in [3.63, 3.8) is 0 Å². The summed E-state index contributed by atoms with van der Waals surface area (Å²) in [5.74, 6) is 1.17. The van der Waals surface area contributed by atoms with Gasteiger partial charge in [0.25, 0.3) is 0 Å².